The first kappa shape index (κ1) is 20.0. The second-order valence-electron chi connectivity index (χ2n) is 7.06. The molecule has 4 rings (SSSR count). The molecule has 0 saturated heterocycles. The van der Waals surface area contributed by atoms with Crippen LogP contribution in [0.25, 0.3) is 0 Å². The molecule has 6 heteroatoms. The van der Waals surface area contributed by atoms with E-state index >= 15 is 0 Å². The van der Waals surface area contributed by atoms with Gasteiger partial charge in [-0.3, -0.25) is 4.79 Å². The number of hydrogen-bond acceptors (Lipinski definition) is 3. The lowest BCUT2D eigenvalue weighted by Crippen LogP contribution is -2.31. The molecule has 1 aliphatic rings. The van der Waals surface area contributed by atoms with Gasteiger partial charge in [-0.1, -0.05) is 48.2 Å². The minimum Gasteiger partial charge on any atom is -0.334 e. The molecular formula is C24H23N3O2S. The van der Waals surface area contributed by atoms with Gasteiger partial charge in [0.15, 0.2) is 0 Å². The average molecular weight is 418 g/mol. The molecule has 152 valence electrons. The maximum Gasteiger partial charge on any atom is 0.319 e. The van der Waals surface area contributed by atoms with Crippen LogP contribution in [0.2, 0.25) is 0 Å². The maximum atomic E-state index is 13.1. The van der Waals surface area contributed by atoms with E-state index in [2.05, 4.69) is 10.6 Å². The lowest BCUT2D eigenvalue weighted by molar-refractivity contribution is 0.0985. The highest BCUT2D eigenvalue weighted by molar-refractivity contribution is 7.99. The van der Waals surface area contributed by atoms with Crippen LogP contribution in [0.1, 0.15) is 28.4 Å². The number of hydrogen-bond donors (Lipinski definition) is 2. The Kier molecular flexibility index (Phi) is 5.77. The summed E-state index contributed by atoms with van der Waals surface area (Å²) >= 11 is 1.57. The van der Waals surface area contributed by atoms with E-state index in [0.717, 1.165) is 26.6 Å². The number of urea groups is 1. The van der Waals surface area contributed by atoms with Crippen LogP contribution in [0.4, 0.5) is 16.2 Å². The molecule has 0 spiro atoms. The van der Waals surface area contributed by atoms with Gasteiger partial charge in [-0.05, 0) is 55.3 Å². The van der Waals surface area contributed by atoms with Gasteiger partial charge < -0.3 is 15.5 Å². The lowest BCUT2D eigenvalue weighted by atomic mass is 10.1. The van der Waals surface area contributed by atoms with Crippen molar-refractivity contribution in [2.24, 2.45) is 0 Å². The van der Waals surface area contributed by atoms with Gasteiger partial charge in [0.2, 0.25) is 0 Å². The van der Waals surface area contributed by atoms with Crippen molar-refractivity contribution in [3.63, 3.8) is 0 Å². The summed E-state index contributed by atoms with van der Waals surface area (Å²) in [6, 6.07) is 21.0. The fraction of sp³-hybridized carbons (Fsp3) is 0.167. The third kappa shape index (κ3) is 4.04. The third-order valence-corrected chi connectivity index (χ3v) is 6.25. The summed E-state index contributed by atoms with van der Waals surface area (Å²) in [5.74, 6) is -0.0273. The largest absolute Gasteiger partial charge is 0.334 e. The third-order valence-electron chi connectivity index (χ3n) is 5.11. The molecule has 2 N–H and O–H groups in total. The SMILES string of the molecule is CCN1C(=O)c2ccccc2Sc2ccc(NC(=O)NCc3ccccc3C)cc21. The van der Waals surface area contributed by atoms with Crippen molar-refractivity contribution in [3.05, 3.63) is 83.4 Å². The van der Waals surface area contributed by atoms with Crippen molar-refractivity contribution in [3.8, 4) is 0 Å². The van der Waals surface area contributed by atoms with E-state index < -0.39 is 0 Å². The summed E-state index contributed by atoms with van der Waals surface area (Å²) in [6.45, 7) is 4.97. The summed E-state index contributed by atoms with van der Waals surface area (Å²) < 4.78 is 0. The normalized spacial score (nSPS) is 12.6. The van der Waals surface area contributed by atoms with E-state index in [0.29, 0.717) is 24.3 Å². The van der Waals surface area contributed by atoms with Gasteiger partial charge in [-0.25, -0.2) is 4.79 Å². The summed E-state index contributed by atoms with van der Waals surface area (Å²) in [5, 5.41) is 5.78. The molecule has 0 aromatic heterocycles. The molecule has 0 aliphatic carbocycles. The molecule has 0 unspecified atom stereocenters. The zero-order valence-electron chi connectivity index (χ0n) is 16.9. The molecule has 0 fully saturated rings. The van der Waals surface area contributed by atoms with Crippen LogP contribution in [0, 0.1) is 6.92 Å². The van der Waals surface area contributed by atoms with Crippen LogP contribution >= 0.6 is 11.8 Å². The number of anilines is 2. The first-order valence-electron chi connectivity index (χ1n) is 9.89. The van der Waals surface area contributed by atoms with Gasteiger partial charge in [-0.15, -0.1) is 0 Å². The maximum absolute atomic E-state index is 13.1. The van der Waals surface area contributed by atoms with E-state index in [1.54, 1.807) is 16.7 Å². The van der Waals surface area contributed by atoms with Gasteiger partial charge >= 0.3 is 6.03 Å². The average Bonchev–Trinajstić information content (AvgIpc) is 2.87. The Morgan fingerprint density at radius 2 is 1.77 bits per heavy atom. The number of carbonyl (C=O) groups is 2. The number of nitrogens with one attached hydrogen (secondary N) is 2. The highest BCUT2D eigenvalue weighted by atomic mass is 32.2. The van der Waals surface area contributed by atoms with Gasteiger partial charge in [-0.2, -0.15) is 0 Å². The number of aryl methyl sites for hydroxylation is 1. The Balaban J connectivity index is 1.53. The first-order chi connectivity index (χ1) is 14.6. The molecule has 3 aromatic rings. The molecule has 5 nitrogen and oxygen atoms in total. The van der Waals surface area contributed by atoms with Crippen molar-refractivity contribution in [1.29, 1.82) is 0 Å². The van der Waals surface area contributed by atoms with Crippen molar-refractivity contribution in [2.45, 2.75) is 30.2 Å². The van der Waals surface area contributed by atoms with Crippen molar-refractivity contribution in [2.75, 3.05) is 16.8 Å². The predicted octanol–water partition coefficient (Wildman–Crippen LogP) is 5.45. The fourth-order valence-electron chi connectivity index (χ4n) is 3.47. The number of rotatable bonds is 4. The monoisotopic (exact) mass is 417 g/mol. The second kappa shape index (κ2) is 8.63. The molecule has 3 amide bonds. The second-order valence-corrected chi connectivity index (χ2v) is 8.15. The van der Waals surface area contributed by atoms with Crippen molar-refractivity contribution >= 4 is 35.1 Å². The summed E-state index contributed by atoms with van der Waals surface area (Å²) in [7, 11) is 0. The number of amides is 3. The molecule has 0 bridgehead atoms. The van der Waals surface area contributed by atoms with Gasteiger partial charge in [0.1, 0.15) is 0 Å². The Morgan fingerprint density at radius 1 is 1.00 bits per heavy atom. The van der Waals surface area contributed by atoms with Gasteiger partial charge in [0, 0.05) is 28.6 Å². The molecule has 0 radical (unpaired) electrons. The van der Waals surface area contributed by atoms with Gasteiger partial charge in [0.05, 0.1) is 11.3 Å². The van der Waals surface area contributed by atoms with E-state index in [9.17, 15) is 9.59 Å². The van der Waals surface area contributed by atoms with Crippen LogP contribution in [0.5, 0.6) is 0 Å². The van der Waals surface area contributed by atoms with E-state index in [-0.39, 0.29) is 11.9 Å². The summed E-state index contributed by atoms with van der Waals surface area (Å²) in [6.07, 6.45) is 0. The smallest absolute Gasteiger partial charge is 0.319 e. The van der Waals surface area contributed by atoms with Crippen LogP contribution in [0.15, 0.2) is 76.5 Å². The molecule has 0 atom stereocenters. The Bertz CT molecular complexity index is 1110. The van der Waals surface area contributed by atoms with E-state index in [4.69, 9.17) is 0 Å². The summed E-state index contributed by atoms with van der Waals surface area (Å²) in [5.41, 5.74) is 4.36. The first-order valence-corrected chi connectivity index (χ1v) is 10.7. The molecule has 1 aliphatic heterocycles. The van der Waals surface area contributed by atoms with Crippen molar-refractivity contribution in [1.82, 2.24) is 5.32 Å². The van der Waals surface area contributed by atoms with E-state index in [1.165, 1.54) is 0 Å². The quantitative estimate of drug-likeness (QED) is 0.594. The van der Waals surface area contributed by atoms with Crippen LogP contribution < -0.4 is 15.5 Å². The standard InChI is InChI=1S/C24H23N3O2S/c1-3-27-20-14-18(26-24(29)25-15-17-9-5-4-8-16(17)2)12-13-22(20)30-21-11-7-6-10-19(21)23(27)28/h4-14H,3,15H2,1-2H3,(H2,25,26,29). The predicted molar refractivity (Wildman–Crippen MR) is 121 cm³/mol. The Morgan fingerprint density at radius 3 is 2.57 bits per heavy atom. The Labute approximate surface area is 180 Å². The number of fused-ring (bicyclic) bond motifs is 2. The number of nitrogens with zero attached hydrogens (tertiary/aromatic N) is 1. The number of carbonyl (C=O) groups excluding carboxylic acids is 2. The minimum absolute atomic E-state index is 0.0273. The molecular weight excluding hydrogens is 394 g/mol. The van der Waals surface area contributed by atoms with E-state index in [1.807, 2.05) is 80.6 Å². The molecule has 0 saturated carbocycles. The summed E-state index contributed by atoms with van der Waals surface area (Å²) in [4.78, 5) is 29.2. The number of benzene rings is 3. The van der Waals surface area contributed by atoms with Gasteiger partial charge in [0.25, 0.3) is 5.91 Å². The highest BCUT2D eigenvalue weighted by Gasteiger charge is 2.26. The lowest BCUT2D eigenvalue weighted by Gasteiger charge is -2.22. The van der Waals surface area contributed by atoms with Crippen LogP contribution in [-0.2, 0) is 6.54 Å². The zero-order chi connectivity index (χ0) is 21.1. The van der Waals surface area contributed by atoms with Crippen molar-refractivity contribution < 1.29 is 9.59 Å². The van der Waals surface area contributed by atoms with Crippen LogP contribution in [0.3, 0.4) is 0 Å². The zero-order valence-corrected chi connectivity index (χ0v) is 17.8. The minimum atomic E-state index is -0.280. The molecule has 3 aromatic carbocycles. The fourth-order valence-corrected chi connectivity index (χ4v) is 4.53. The topological polar surface area (TPSA) is 61.4 Å². The highest BCUT2D eigenvalue weighted by Crippen LogP contribution is 2.42. The molecule has 1 heterocycles. The molecule has 30 heavy (non-hydrogen) atoms. The Hall–Kier alpha value is -3.25. The van der Waals surface area contributed by atoms with Crippen LogP contribution in [-0.4, -0.2) is 18.5 Å².